The molecular weight excluding hydrogens is 194 g/mol. The fourth-order valence-electron chi connectivity index (χ4n) is 2.20. The Morgan fingerprint density at radius 1 is 1.00 bits per heavy atom. The first-order chi connectivity index (χ1) is 7.86. The Kier molecular flexibility index (Phi) is 2.03. The molecule has 3 aromatic rings. The zero-order valence-electron chi connectivity index (χ0n) is 9.12. The topological polar surface area (TPSA) is 15.8 Å². The van der Waals surface area contributed by atoms with Crippen LogP contribution < -0.4 is 0 Å². The van der Waals surface area contributed by atoms with E-state index in [4.69, 9.17) is 0 Å². The molecule has 0 aliphatic carbocycles. The van der Waals surface area contributed by atoms with Crippen molar-refractivity contribution in [3.8, 4) is 11.1 Å². The molecule has 0 spiro atoms. The number of benzene rings is 2. The number of hydrogen-bond acceptors (Lipinski definition) is 0. The maximum absolute atomic E-state index is 3.42. The molecule has 0 bridgehead atoms. The van der Waals surface area contributed by atoms with Gasteiger partial charge >= 0.3 is 0 Å². The van der Waals surface area contributed by atoms with Gasteiger partial charge in [0.25, 0.3) is 0 Å². The van der Waals surface area contributed by atoms with Gasteiger partial charge in [-0.15, -0.1) is 0 Å². The molecule has 0 fully saturated rings. The number of hydrogen-bond donors (Lipinski definition) is 1. The van der Waals surface area contributed by atoms with Crippen LogP contribution >= 0.6 is 0 Å². The lowest BCUT2D eigenvalue weighted by Gasteiger charge is -2.00. The molecule has 0 saturated heterocycles. The van der Waals surface area contributed by atoms with Gasteiger partial charge < -0.3 is 4.98 Å². The van der Waals surface area contributed by atoms with E-state index in [0.717, 1.165) is 0 Å². The number of aromatic nitrogens is 1. The molecule has 0 atom stereocenters. The van der Waals surface area contributed by atoms with Crippen molar-refractivity contribution in [2.24, 2.45) is 0 Å². The number of para-hydroxylation sites is 1. The number of fused-ring (bicyclic) bond motifs is 1. The van der Waals surface area contributed by atoms with Gasteiger partial charge in [-0.3, -0.25) is 0 Å². The average molecular weight is 206 g/mol. The second-order valence-corrected chi connectivity index (χ2v) is 3.96. The largest absolute Gasteiger partial charge is 0.358 e. The van der Waals surface area contributed by atoms with Crippen LogP contribution in [0.25, 0.3) is 22.0 Å². The molecule has 1 heterocycles. The number of H-pyrrole nitrogens is 1. The van der Waals surface area contributed by atoms with E-state index < -0.39 is 0 Å². The van der Waals surface area contributed by atoms with Crippen molar-refractivity contribution in [3.63, 3.8) is 0 Å². The summed E-state index contributed by atoms with van der Waals surface area (Å²) in [5.41, 5.74) is 4.95. The molecule has 3 rings (SSSR count). The predicted molar refractivity (Wildman–Crippen MR) is 67.3 cm³/mol. The molecular formula is C15H12N. The molecule has 16 heavy (non-hydrogen) atoms. The van der Waals surface area contributed by atoms with E-state index in [1.165, 1.54) is 27.7 Å². The van der Waals surface area contributed by atoms with Crippen LogP contribution in [0.15, 0.2) is 48.5 Å². The summed E-state index contributed by atoms with van der Waals surface area (Å²) in [6, 6.07) is 19.6. The van der Waals surface area contributed by atoms with Crippen molar-refractivity contribution >= 4 is 10.9 Å². The first-order valence-electron chi connectivity index (χ1n) is 5.40. The van der Waals surface area contributed by atoms with Crippen LogP contribution in [-0.4, -0.2) is 4.98 Å². The molecule has 0 saturated carbocycles. The van der Waals surface area contributed by atoms with Gasteiger partial charge in [-0.05, 0) is 24.6 Å². The van der Waals surface area contributed by atoms with Crippen molar-refractivity contribution in [3.05, 3.63) is 60.3 Å². The highest BCUT2D eigenvalue weighted by Crippen LogP contribution is 2.31. The maximum atomic E-state index is 3.42. The molecule has 0 aliphatic rings. The number of aryl methyl sites for hydroxylation is 1. The van der Waals surface area contributed by atoms with Gasteiger partial charge in [0.05, 0.1) is 0 Å². The first-order valence-corrected chi connectivity index (χ1v) is 5.40. The summed E-state index contributed by atoms with van der Waals surface area (Å²) < 4.78 is 0. The minimum atomic E-state index is 1.20. The first kappa shape index (κ1) is 9.22. The van der Waals surface area contributed by atoms with Gasteiger partial charge in [0, 0.05) is 22.2 Å². The third-order valence-corrected chi connectivity index (χ3v) is 2.90. The smallest absolute Gasteiger partial charge is 0.0462 e. The van der Waals surface area contributed by atoms with Gasteiger partial charge in [0.2, 0.25) is 0 Å². The molecule has 1 nitrogen and oxygen atoms in total. The monoisotopic (exact) mass is 206 g/mol. The normalized spacial score (nSPS) is 10.8. The lowest BCUT2D eigenvalue weighted by Crippen LogP contribution is -1.78. The average Bonchev–Trinajstić information content (AvgIpc) is 2.66. The summed E-state index contributed by atoms with van der Waals surface area (Å²) in [5.74, 6) is 0. The fraction of sp³-hybridized carbons (Fsp3) is 0.0667. The van der Waals surface area contributed by atoms with Crippen LogP contribution in [0.5, 0.6) is 0 Å². The number of aromatic amines is 1. The Labute approximate surface area is 94.7 Å². The van der Waals surface area contributed by atoms with Gasteiger partial charge in [-0.2, -0.15) is 0 Å². The standard InChI is InChI=1S/C15H12N/c1-11-15(12-7-3-2-4-8-12)13-9-5-6-10-14(13)16-11/h3-10,16H,1H3. The molecule has 1 aromatic heterocycles. The van der Waals surface area contributed by atoms with E-state index in [-0.39, 0.29) is 0 Å². The van der Waals surface area contributed by atoms with E-state index in [1.54, 1.807) is 0 Å². The van der Waals surface area contributed by atoms with Gasteiger partial charge in [0.15, 0.2) is 0 Å². The molecule has 77 valence electrons. The summed E-state index contributed by atoms with van der Waals surface area (Å²) in [4.78, 5) is 3.42. The summed E-state index contributed by atoms with van der Waals surface area (Å²) in [6.07, 6.45) is 0. The molecule has 1 heteroatoms. The van der Waals surface area contributed by atoms with Crippen LogP contribution in [-0.2, 0) is 0 Å². The van der Waals surface area contributed by atoms with Crippen LogP contribution in [0.1, 0.15) is 5.69 Å². The van der Waals surface area contributed by atoms with Crippen LogP contribution in [0, 0.1) is 13.0 Å². The molecule has 2 aromatic carbocycles. The fourth-order valence-corrected chi connectivity index (χ4v) is 2.20. The SMILES string of the molecule is Cc1[nH]c2ccccc2c1-c1cc[c]cc1. The van der Waals surface area contributed by atoms with Gasteiger partial charge in [0.1, 0.15) is 0 Å². The Morgan fingerprint density at radius 3 is 2.56 bits per heavy atom. The Morgan fingerprint density at radius 2 is 1.75 bits per heavy atom. The lowest BCUT2D eigenvalue weighted by atomic mass is 10.0. The summed E-state index contributed by atoms with van der Waals surface area (Å²) in [5, 5.41) is 1.28. The molecule has 0 amide bonds. The zero-order chi connectivity index (χ0) is 11.0. The highest BCUT2D eigenvalue weighted by molar-refractivity contribution is 5.97. The molecule has 1 N–H and O–H groups in total. The number of nitrogens with one attached hydrogen (secondary N) is 1. The Bertz CT molecular complexity index is 620. The van der Waals surface area contributed by atoms with E-state index in [2.05, 4.69) is 54.4 Å². The van der Waals surface area contributed by atoms with Crippen molar-refractivity contribution in [2.75, 3.05) is 0 Å². The number of rotatable bonds is 1. The van der Waals surface area contributed by atoms with Crippen molar-refractivity contribution in [1.82, 2.24) is 4.98 Å². The summed E-state index contributed by atoms with van der Waals surface area (Å²) in [7, 11) is 0. The summed E-state index contributed by atoms with van der Waals surface area (Å²) in [6.45, 7) is 2.12. The Balaban J connectivity index is 2.35. The lowest BCUT2D eigenvalue weighted by molar-refractivity contribution is 1.30. The zero-order valence-corrected chi connectivity index (χ0v) is 9.12. The van der Waals surface area contributed by atoms with E-state index in [1.807, 2.05) is 12.1 Å². The van der Waals surface area contributed by atoms with Crippen molar-refractivity contribution in [1.29, 1.82) is 0 Å². The summed E-state index contributed by atoms with van der Waals surface area (Å²) >= 11 is 0. The highest BCUT2D eigenvalue weighted by Gasteiger charge is 2.08. The minimum Gasteiger partial charge on any atom is -0.358 e. The van der Waals surface area contributed by atoms with Crippen molar-refractivity contribution < 1.29 is 0 Å². The minimum absolute atomic E-state index is 1.20. The van der Waals surface area contributed by atoms with E-state index in [0.29, 0.717) is 0 Å². The molecule has 1 radical (unpaired) electrons. The highest BCUT2D eigenvalue weighted by atomic mass is 14.7. The second kappa shape index (κ2) is 3.53. The van der Waals surface area contributed by atoms with Gasteiger partial charge in [-0.25, -0.2) is 0 Å². The molecule has 0 unspecified atom stereocenters. The van der Waals surface area contributed by atoms with Crippen LogP contribution in [0.2, 0.25) is 0 Å². The quantitative estimate of drug-likeness (QED) is 0.620. The maximum Gasteiger partial charge on any atom is 0.0462 e. The van der Waals surface area contributed by atoms with E-state index in [9.17, 15) is 0 Å². The van der Waals surface area contributed by atoms with Crippen molar-refractivity contribution in [2.45, 2.75) is 6.92 Å². The molecule has 0 aliphatic heterocycles. The van der Waals surface area contributed by atoms with E-state index >= 15 is 0 Å². The second-order valence-electron chi connectivity index (χ2n) is 3.96. The third-order valence-electron chi connectivity index (χ3n) is 2.90. The third kappa shape index (κ3) is 1.33. The van der Waals surface area contributed by atoms with Gasteiger partial charge in [-0.1, -0.05) is 42.5 Å². The predicted octanol–water partition coefficient (Wildman–Crippen LogP) is 3.94. The Hall–Kier alpha value is -2.02. The van der Waals surface area contributed by atoms with Crippen LogP contribution in [0.3, 0.4) is 0 Å². The van der Waals surface area contributed by atoms with Crippen LogP contribution in [0.4, 0.5) is 0 Å².